The molecule has 47 heavy (non-hydrogen) atoms. The first-order chi connectivity index (χ1) is 21.9. The molecule has 11 nitrogen and oxygen atoms in total. The van der Waals surface area contributed by atoms with E-state index in [1.807, 2.05) is 30.3 Å². The second-order valence-electron chi connectivity index (χ2n) is 13.3. The van der Waals surface area contributed by atoms with E-state index < -0.39 is 53.2 Å². The van der Waals surface area contributed by atoms with E-state index in [-0.39, 0.29) is 29.9 Å². The highest BCUT2D eigenvalue weighted by molar-refractivity contribution is 5.94. The van der Waals surface area contributed by atoms with Crippen LogP contribution in [-0.4, -0.2) is 69.3 Å². The van der Waals surface area contributed by atoms with Crippen molar-refractivity contribution in [2.24, 2.45) is 0 Å². The molecule has 11 heteroatoms. The summed E-state index contributed by atoms with van der Waals surface area (Å²) in [5, 5.41) is 25.5. The van der Waals surface area contributed by atoms with Gasteiger partial charge in [0.25, 0.3) is 0 Å². The molecule has 3 atom stereocenters. The van der Waals surface area contributed by atoms with Crippen molar-refractivity contribution in [2.75, 3.05) is 7.05 Å². The summed E-state index contributed by atoms with van der Waals surface area (Å²) < 4.78 is 11.0. The fourth-order valence-corrected chi connectivity index (χ4v) is 4.80. The molecule has 252 valence electrons. The highest BCUT2D eigenvalue weighted by Crippen LogP contribution is 2.26. The minimum absolute atomic E-state index is 0.00557. The Hall–Kier alpha value is -5.06. The summed E-state index contributed by atoms with van der Waals surface area (Å²) in [7, 11) is 1.40. The van der Waals surface area contributed by atoms with E-state index in [9.17, 15) is 29.4 Å². The predicted molar refractivity (Wildman–Crippen MR) is 177 cm³/mol. The van der Waals surface area contributed by atoms with Crippen LogP contribution in [0, 0.1) is 0 Å². The summed E-state index contributed by atoms with van der Waals surface area (Å²) in [5.74, 6) is -2.12. The Morgan fingerprint density at radius 1 is 0.702 bits per heavy atom. The van der Waals surface area contributed by atoms with Crippen LogP contribution < -0.4 is 10.6 Å². The molecule has 0 aliphatic carbocycles. The van der Waals surface area contributed by atoms with E-state index in [0.717, 1.165) is 10.5 Å². The van der Waals surface area contributed by atoms with Gasteiger partial charge in [-0.15, -0.1) is 0 Å². The second kappa shape index (κ2) is 15.5. The molecule has 3 aromatic carbocycles. The smallest absolute Gasteiger partial charge is 0.408 e. The van der Waals surface area contributed by atoms with Crippen molar-refractivity contribution in [1.29, 1.82) is 0 Å². The van der Waals surface area contributed by atoms with Crippen LogP contribution in [0.1, 0.15) is 64.3 Å². The molecule has 0 aromatic heterocycles. The monoisotopic (exact) mass is 647 g/mol. The standard InChI is InChI=1S/C36H45N3O8/c1-35(2,3)46-33(44)29(21-23-12-9-8-10-13-23)37-31(42)30(25-14-11-15-27(41)22-25)39(7)32(43)28(38-34(45)47-36(4,5)6)20-24-16-18-26(40)19-17-24/h8-19,22,28-30,40-41H,20-21H2,1-7H3,(H,37,42)(H,38,45). The van der Waals surface area contributed by atoms with Gasteiger partial charge in [0.2, 0.25) is 11.8 Å². The average molecular weight is 648 g/mol. The van der Waals surface area contributed by atoms with E-state index in [1.165, 1.54) is 37.4 Å². The van der Waals surface area contributed by atoms with Crippen LogP contribution in [-0.2, 0) is 36.7 Å². The molecular formula is C36H45N3O8. The van der Waals surface area contributed by atoms with E-state index in [4.69, 9.17) is 9.47 Å². The van der Waals surface area contributed by atoms with Gasteiger partial charge in [0.15, 0.2) is 0 Å². The number of carbonyl (C=O) groups is 4. The molecule has 3 aromatic rings. The number of alkyl carbamates (subject to hydrolysis) is 1. The SMILES string of the molecule is CN(C(=O)C(Cc1ccc(O)cc1)NC(=O)OC(C)(C)C)C(C(=O)NC(Cc1ccccc1)C(=O)OC(C)(C)C)c1cccc(O)c1. The molecule has 3 amide bonds. The number of hydrogen-bond acceptors (Lipinski definition) is 8. The second-order valence-corrected chi connectivity index (χ2v) is 13.3. The van der Waals surface area contributed by atoms with Crippen molar-refractivity contribution < 1.29 is 38.9 Å². The first-order valence-electron chi connectivity index (χ1n) is 15.3. The lowest BCUT2D eigenvalue weighted by atomic mass is 9.99. The van der Waals surface area contributed by atoms with E-state index >= 15 is 0 Å². The minimum atomic E-state index is -1.34. The highest BCUT2D eigenvalue weighted by Gasteiger charge is 2.37. The van der Waals surface area contributed by atoms with Crippen molar-refractivity contribution >= 4 is 23.9 Å². The van der Waals surface area contributed by atoms with Gasteiger partial charge in [0.1, 0.15) is 40.8 Å². The third-order valence-electron chi connectivity index (χ3n) is 6.82. The number of hydrogen-bond donors (Lipinski definition) is 4. The van der Waals surface area contributed by atoms with Gasteiger partial charge in [-0.2, -0.15) is 0 Å². The van der Waals surface area contributed by atoms with Gasteiger partial charge < -0.3 is 35.2 Å². The van der Waals surface area contributed by atoms with E-state index in [2.05, 4.69) is 10.6 Å². The molecule has 0 aliphatic heterocycles. The molecule has 0 spiro atoms. The zero-order valence-corrected chi connectivity index (χ0v) is 27.9. The molecular weight excluding hydrogens is 602 g/mol. The zero-order valence-electron chi connectivity index (χ0n) is 27.9. The Morgan fingerprint density at radius 2 is 1.28 bits per heavy atom. The minimum Gasteiger partial charge on any atom is -0.508 e. The van der Waals surface area contributed by atoms with E-state index in [1.54, 1.807) is 59.7 Å². The lowest BCUT2D eigenvalue weighted by Gasteiger charge is -2.33. The fourth-order valence-electron chi connectivity index (χ4n) is 4.80. The van der Waals surface area contributed by atoms with Gasteiger partial charge in [-0.1, -0.05) is 54.6 Å². The van der Waals surface area contributed by atoms with Crippen molar-refractivity contribution in [1.82, 2.24) is 15.5 Å². The van der Waals surface area contributed by atoms with Gasteiger partial charge in [-0.3, -0.25) is 9.59 Å². The summed E-state index contributed by atoms with van der Waals surface area (Å²) in [6.45, 7) is 10.2. The summed E-state index contributed by atoms with van der Waals surface area (Å²) >= 11 is 0. The number of rotatable bonds is 11. The Balaban J connectivity index is 2.00. The zero-order chi connectivity index (χ0) is 34.9. The number of likely N-dealkylation sites (N-methyl/N-ethyl adjacent to an activating group) is 1. The maximum Gasteiger partial charge on any atom is 0.408 e. The summed E-state index contributed by atoms with van der Waals surface area (Å²) in [5.41, 5.74) is -0.0132. The van der Waals surface area contributed by atoms with Gasteiger partial charge in [0.05, 0.1) is 0 Å². The first kappa shape index (κ1) is 36.4. The van der Waals surface area contributed by atoms with E-state index in [0.29, 0.717) is 5.56 Å². The van der Waals surface area contributed by atoms with Crippen LogP contribution in [0.25, 0.3) is 0 Å². The lowest BCUT2D eigenvalue weighted by molar-refractivity contribution is -0.159. The maximum absolute atomic E-state index is 14.2. The molecule has 0 heterocycles. The lowest BCUT2D eigenvalue weighted by Crippen LogP contribution is -2.54. The van der Waals surface area contributed by atoms with Crippen LogP contribution in [0.15, 0.2) is 78.9 Å². The Bertz CT molecular complexity index is 1530. The van der Waals surface area contributed by atoms with Crippen molar-refractivity contribution in [3.8, 4) is 11.5 Å². The van der Waals surface area contributed by atoms with Crippen LogP contribution in [0.4, 0.5) is 4.79 Å². The molecule has 0 fully saturated rings. The third kappa shape index (κ3) is 11.7. The topological polar surface area (TPSA) is 154 Å². The summed E-state index contributed by atoms with van der Waals surface area (Å²) in [6, 6.07) is 17.5. The van der Waals surface area contributed by atoms with Gasteiger partial charge in [-0.25, -0.2) is 9.59 Å². The van der Waals surface area contributed by atoms with Crippen molar-refractivity contribution in [3.05, 3.63) is 95.6 Å². The Labute approximate surface area is 275 Å². The average Bonchev–Trinajstić information content (AvgIpc) is 2.96. The highest BCUT2D eigenvalue weighted by atomic mass is 16.6. The van der Waals surface area contributed by atoms with Crippen LogP contribution >= 0.6 is 0 Å². The van der Waals surface area contributed by atoms with Crippen LogP contribution in [0.2, 0.25) is 0 Å². The maximum atomic E-state index is 14.2. The number of ether oxygens (including phenoxy) is 2. The largest absolute Gasteiger partial charge is 0.508 e. The summed E-state index contributed by atoms with van der Waals surface area (Å²) in [4.78, 5) is 55.7. The van der Waals surface area contributed by atoms with Crippen molar-refractivity contribution in [3.63, 3.8) is 0 Å². The normalized spacial score (nSPS) is 13.4. The molecule has 0 bridgehead atoms. The van der Waals surface area contributed by atoms with Crippen molar-refractivity contribution in [2.45, 2.75) is 83.7 Å². The number of nitrogens with one attached hydrogen (secondary N) is 2. The number of amides is 3. The van der Waals surface area contributed by atoms with Crippen LogP contribution in [0.3, 0.4) is 0 Å². The molecule has 0 aliphatic rings. The molecule has 0 saturated heterocycles. The Kier molecular flexibility index (Phi) is 12.0. The number of phenols is 2. The molecule has 3 rings (SSSR count). The third-order valence-corrected chi connectivity index (χ3v) is 6.82. The predicted octanol–water partition coefficient (Wildman–Crippen LogP) is 4.80. The number of aromatic hydroxyl groups is 2. The quantitative estimate of drug-likeness (QED) is 0.217. The number of esters is 1. The summed E-state index contributed by atoms with van der Waals surface area (Å²) in [6.07, 6.45) is -0.712. The number of carbonyl (C=O) groups excluding carboxylic acids is 4. The van der Waals surface area contributed by atoms with Crippen LogP contribution in [0.5, 0.6) is 11.5 Å². The fraction of sp³-hybridized carbons (Fsp3) is 0.389. The number of nitrogens with zero attached hydrogens (tertiary/aromatic N) is 1. The Morgan fingerprint density at radius 3 is 1.85 bits per heavy atom. The molecule has 0 radical (unpaired) electrons. The van der Waals surface area contributed by atoms with Gasteiger partial charge in [0, 0.05) is 19.9 Å². The molecule has 4 N–H and O–H groups in total. The molecule has 3 unspecified atom stereocenters. The van der Waals surface area contributed by atoms with Gasteiger partial charge >= 0.3 is 12.1 Å². The molecule has 0 saturated carbocycles. The number of benzene rings is 3. The first-order valence-corrected chi connectivity index (χ1v) is 15.3. The van der Waals surface area contributed by atoms with Gasteiger partial charge in [-0.05, 0) is 82.5 Å². The number of phenolic OH excluding ortho intramolecular Hbond substituents is 2.